The fraction of sp³-hybridized carbons (Fsp3) is 0.160. The van der Waals surface area contributed by atoms with Crippen molar-refractivity contribution in [2.75, 3.05) is 14.1 Å². The Bertz CT molecular complexity index is 1210. The summed E-state index contributed by atoms with van der Waals surface area (Å²) in [6.07, 6.45) is 0. The molecule has 6 nitrogen and oxygen atoms in total. The Morgan fingerprint density at radius 1 is 0.903 bits per heavy atom. The average molecular weight is 412 g/mol. The Hall–Kier alpha value is -3.77. The summed E-state index contributed by atoms with van der Waals surface area (Å²) in [7, 11) is 3.51. The smallest absolute Gasteiger partial charge is 0.275 e. The molecule has 4 aromatic rings. The molecule has 1 heterocycles. The third-order valence-electron chi connectivity index (χ3n) is 5.34. The highest BCUT2D eigenvalue weighted by Crippen LogP contribution is 2.27. The maximum absolute atomic E-state index is 13.2. The average Bonchev–Trinajstić information content (AvgIpc) is 2.82. The summed E-state index contributed by atoms with van der Waals surface area (Å²) in [6, 6.07) is 27.3. The third-order valence-corrected chi connectivity index (χ3v) is 5.34. The molecule has 31 heavy (non-hydrogen) atoms. The molecule has 0 fully saturated rings. The molecule has 0 saturated heterocycles. The van der Waals surface area contributed by atoms with Crippen LogP contribution in [0.25, 0.3) is 10.8 Å². The van der Waals surface area contributed by atoms with Crippen molar-refractivity contribution in [1.29, 1.82) is 0 Å². The molecule has 0 aliphatic carbocycles. The molecular formula is C25H24N4O2. The summed E-state index contributed by atoms with van der Waals surface area (Å²) >= 11 is 0. The summed E-state index contributed by atoms with van der Waals surface area (Å²) in [4.78, 5) is 27.7. The van der Waals surface area contributed by atoms with Crippen molar-refractivity contribution in [1.82, 2.24) is 20.0 Å². The SMILES string of the molecule is CNC(=O)c1nn(CN(C)C(c2ccccc2)c2ccccc2)c(=O)c2ccccc12. The highest BCUT2D eigenvalue weighted by molar-refractivity contribution is 6.04. The fourth-order valence-corrected chi connectivity index (χ4v) is 3.88. The summed E-state index contributed by atoms with van der Waals surface area (Å²) in [5.41, 5.74) is 2.23. The van der Waals surface area contributed by atoms with E-state index in [0.29, 0.717) is 10.8 Å². The number of hydrogen-bond donors (Lipinski definition) is 1. The minimum atomic E-state index is -0.324. The van der Waals surface area contributed by atoms with E-state index < -0.39 is 0 Å². The Kier molecular flexibility index (Phi) is 5.91. The van der Waals surface area contributed by atoms with Gasteiger partial charge in [-0.15, -0.1) is 0 Å². The van der Waals surface area contributed by atoms with E-state index >= 15 is 0 Å². The summed E-state index contributed by atoms with van der Waals surface area (Å²) in [6.45, 7) is 0.224. The molecular weight excluding hydrogens is 388 g/mol. The topological polar surface area (TPSA) is 67.2 Å². The van der Waals surface area contributed by atoms with Gasteiger partial charge in [0.15, 0.2) is 5.69 Å². The first-order valence-corrected chi connectivity index (χ1v) is 10.1. The number of hydrogen-bond acceptors (Lipinski definition) is 4. The van der Waals surface area contributed by atoms with Gasteiger partial charge < -0.3 is 5.32 Å². The van der Waals surface area contributed by atoms with E-state index in [4.69, 9.17) is 0 Å². The Labute approximate surface area is 180 Å². The van der Waals surface area contributed by atoms with E-state index in [1.165, 1.54) is 4.68 Å². The number of rotatable bonds is 6. The van der Waals surface area contributed by atoms with E-state index in [-0.39, 0.29) is 29.9 Å². The molecule has 1 amide bonds. The second-order valence-electron chi connectivity index (χ2n) is 7.40. The second kappa shape index (κ2) is 8.93. The van der Waals surface area contributed by atoms with Gasteiger partial charge in [-0.05, 0) is 24.2 Å². The van der Waals surface area contributed by atoms with Crippen LogP contribution in [0.3, 0.4) is 0 Å². The minimum Gasteiger partial charge on any atom is -0.354 e. The van der Waals surface area contributed by atoms with Gasteiger partial charge in [-0.1, -0.05) is 78.9 Å². The lowest BCUT2D eigenvalue weighted by molar-refractivity contribution is 0.0955. The normalized spacial score (nSPS) is 11.2. The molecule has 0 aliphatic heterocycles. The van der Waals surface area contributed by atoms with Crippen molar-refractivity contribution in [3.63, 3.8) is 0 Å². The zero-order valence-corrected chi connectivity index (χ0v) is 17.5. The standard InChI is InChI=1S/C25H24N4O2/c1-26-24(30)22-20-15-9-10-16-21(20)25(31)29(27-22)17-28(2)23(18-11-5-3-6-12-18)19-13-7-4-8-14-19/h3-16,23H,17H2,1-2H3,(H,26,30). The Balaban J connectivity index is 1.79. The summed E-state index contributed by atoms with van der Waals surface area (Å²) < 4.78 is 1.37. The van der Waals surface area contributed by atoms with Gasteiger partial charge in [0.25, 0.3) is 11.5 Å². The lowest BCUT2D eigenvalue weighted by atomic mass is 9.98. The van der Waals surface area contributed by atoms with Crippen LogP contribution >= 0.6 is 0 Å². The zero-order chi connectivity index (χ0) is 21.8. The van der Waals surface area contributed by atoms with Gasteiger partial charge in [-0.2, -0.15) is 5.10 Å². The first-order chi connectivity index (χ1) is 15.1. The van der Waals surface area contributed by atoms with Gasteiger partial charge >= 0.3 is 0 Å². The molecule has 1 N–H and O–H groups in total. The van der Waals surface area contributed by atoms with E-state index in [0.717, 1.165) is 11.1 Å². The lowest BCUT2D eigenvalue weighted by Gasteiger charge is -2.29. The molecule has 156 valence electrons. The largest absolute Gasteiger partial charge is 0.354 e. The van der Waals surface area contributed by atoms with Gasteiger partial charge in [0.2, 0.25) is 0 Å². The summed E-state index contributed by atoms with van der Waals surface area (Å²) in [5.74, 6) is -0.324. The van der Waals surface area contributed by atoms with Crippen molar-refractivity contribution in [3.05, 3.63) is 112 Å². The first kappa shape index (κ1) is 20.5. The third kappa shape index (κ3) is 4.11. The summed E-state index contributed by atoms with van der Waals surface area (Å²) in [5, 5.41) is 8.07. The number of aromatic nitrogens is 2. The zero-order valence-electron chi connectivity index (χ0n) is 17.5. The molecule has 0 bridgehead atoms. The lowest BCUT2D eigenvalue weighted by Crippen LogP contribution is -2.36. The van der Waals surface area contributed by atoms with Crippen LogP contribution in [0.5, 0.6) is 0 Å². The molecule has 4 rings (SSSR count). The van der Waals surface area contributed by atoms with Gasteiger partial charge in [-0.3, -0.25) is 14.5 Å². The number of fused-ring (bicyclic) bond motifs is 1. The van der Waals surface area contributed by atoms with E-state index in [1.807, 2.05) is 43.4 Å². The van der Waals surface area contributed by atoms with Crippen LogP contribution in [-0.2, 0) is 6.67 Å². The highest BCUT2D eigenvalue weighted by atomic mass is 16.2. The van der Waals surface area contributed by atoms with Crippen LogP contribution in [0, 0.1) is 0 Å². The number of amides is 1. The van der Waals surface area contributed by atoms with Crippen LogP contribution in [0.15, 0.2) is 89.7 Å². The predicted molar refractivity (Wildman–Crippen MR) is 122 cm³/mol. The number of nitrogens with zero attached hydrogens (tertiary/aromatic N) is 3. The maximum atomic E-state index is 13.2. The quantitative estimate of drug-likeness (QED) is 0.527. The molecule has 0 saturated carbocycles. The number of carbonyl (C=O) groups is 1. The molecule has 6 heteroatoms. The molecule has 0 unspecified atom stereocenters. The number of carbonyl (C=O) groups excluding carboxylic acids is 1. The van der Waals surface area contributed by atoms with E-state index in [9.17, 15) is 9.59 Å². The molecule has 3 aromatic carbocycles. The van der Waals surface area contributed by atoms with Gasteiger partial charge in [-0.25, -0.2) is 4.68 Å². The fourth-order valence-electron chi connectivity index (χ4n) is 3.88. The maximum Gasteiger partial charge on any atom is 0.275 e. The molecule has 0 radical (unpaired) electrons. The highest BCUT2D eigenvalue weighted by Gasteiger charge is 2.22. The van der Waals surface area contributed by atoms with E-state index in [1.54, 1.807) is 31.3 Å². The van der Waals surface area contributed by atoms with Gasteiger partial charge in [0, 0.05) is 12.4 Å². The molecule has 0 atom stereocenters. The van der Waals surface area contributed by atoms with Gasteiger partial charge in [0.1, 0.15) is 0 Å². The second-order valence-corrected chi connectivity index (χ2v) is 7.40. The van der Waals surface area contributed by atoms with Crippen molar-refractivity contribution in [2.24, 2.45) is 0 Å². The monoisotopic (exact) mass is 412 g/mol. The number of nitrogens with one attached hydrogen (secondary N) is 1. The van der Waals surface area contributed by atoms with Crippen molar-refractivity contribution >= 4 is 16.7 Å². The molecule has 0 spiro atoms. The van der Waals surface area contributed by atoms with Crippen molar-refractivity contribution in [2.45, 2.75) is 12.7 Å². The minimum absolute atomic E-state index is 0.0778. The van der Waals surface area contributed by atoms with Crippen LogP contribution in [0.2, 0.25) is 0 Å². The Morgan fingerprint density at radius 2 is 1.42 bits per heavy atom. The van der Waals surface area contributed by atoms with Crippen molar-refractivity contribution in [3.8, 4) is 0 Å². The molecule has 1 aromatic heterocycles. The van der Waals surface area contributed by atoms with Crippen LogP contribution in [0.4, 0.5) is 0 Å². The van der Waals surface area contributed by atoms with Crippen molar-refractivity contribution < 1.29 is 4.79 Å². The van der Waals surface area contributed by atoms with E-state index in [2.05, 4.69) is 39.6 Å². The predicted octanol–water partition coefficient (Wildman–Crippen LogP) is 3.44. The molecule has 0 aliphatic rings. The van der Waals surface area contributed by atoms with Crippen LogP contribution < -0.4 is 10.9 Å². The number of benzene rings is 3. The Morgan fingerprint density at radius 3 is 1.97 bits per heavy atom. The van der Waals surface area contributed by atoms with Gasteiger partial charge in [0.05, 0.1) is 18.1 Å². The van der Waals surface area contributed by atoms with Crippen LogP contribution in [0.1, 0.15) is 27.7 Å². The first-order valence-electron chi connectivity index (χ1n) is 10.1. The van der Waals surface area contributed by atoms with Crippen LogP contribution in [-0.4, -0.2) is 34.7 Å².